The Morgan fingerprint density at radius 3 is 2.67 bits per heavy atom. The lowest BCUT2D eigenvalue weighted by molar-refractivity contribution is 0.129. The molecule has 1 heterocycles. The third-order valence-electron chi connectivity index (χ3n) is 5.36. The smallest absolute Gasteiger partial charge is 0.00956 e. The van der Waals surface area contributed by atoms with Gasteiger partial charge in [0.1, 0.15) is 0 Å². The minimum Gasteiger partial charge on any atom is -0.314 e. The van der Waals surface area contributed by atoms with Gasteiger partial charge in [-0.1, -0.05) is 27.2 Å². The highest BCUT2D eigenvalue weighted by atomic mass is 15.1. The second-order valence-electron chi connectivity index (χ2n) is 6.69. The van der Waals surface area contributed by atoms with Crippen molar-refractivity contribution in [3.8, 4) is 0 Å². The molecule has 1 aliphatic carbocycles. The number of nitrogens with one attached hydrogen (secondary N) is 1. The monoisotopic (exact) mass is 252 g/mol. The molecule has 2 rings (SSSR count). The fourth-order valence-electron chi connectivity index (χ4n) is 3.81. The van der Waals surface area contributed by atoms with Gasteiger partial charge in [0, 0.05) is 12.6 Å². The zero-order valence-electron chi connectivity index (χ0n) is 12.6. The van der Waals surface area contributed by atoms with Crippen molar-refractivity contribution >= 4 is 0 Å². The first kappa shape index (κ1) is 14.3. The molecule has 2 heteroatoms. The van der Waals surface area contributed by atoms with E-state index in [-0.39, 0.29) is 0 Å². The molecular weight excluding hydrogens is 220 g/mol. The van der Waals surface area contributed by atoms with Gasteiger partial charge in [0.25, 0.3) is 0 Å². The van der Waals surface area contributed by atoms with E-state index >= 15 is 0 Å². The van der Waals surface area contributed by atoms with Crippen LogP contribution in [0.5, 0.6) is 0 Å². The molecule has 2 fully saturated rings. The summed E-state index contributed by atoms with van der Waals surface area (Å²) in [6, 6.07) is 0.816. The van der Waals surface area contributed by atoms with Gasteiger partial charge in [-0.15, -0.1) is 0 Å². The van der Waals surface area contributed by atoms with E-state index in [1.54, 1.807) is 0 Å². The van der Waals surface area contributed by atoms with Gasteiger partial charge in [-0.05, 0) is 63.1 Å². The molecule has 1 saturated heterocycles. The molecule has 0 aromatic heterocycles. The van der Waals surface area contributed by atoms with E-state index in [1.807, 2.05) is 0 Å². The third kappa shape index (κ3) is 3.71. The fourth-order valence-corrected chi connectivity index (χ4v) is 3.81. The molecule has 4 unspecified atom stereocenters. The van der Waals surface area contributed by atoms with Crippen molar-refractivity contribution in [2.24, 2.45) is 17.8 Å². The van der Waals surface area contributed by atoms with Gasteiger partial charge in [0.05, 0.1) is 0 Å². The van der Waals surface area contributed by atoms with Gasteiger partial charge in [-0.3, -0.25) is 0 Å². The Morgan fingerprint density at radius 1 is 1.11 bits per heavy atom. The van der Waals surface area contributed by atoms with Crippen LogP contribution >= 0.6 is 0 Å². The van der Waals surface area contributed by atoms with Crippen LogP contribution in [0.25, 0.3) is 0 Å². The van der Waals surface area contributed by atoms with Crippen LogP contribution in [0, 0.1) is 17.8 Å². The van der Waals surface area contributed by atoms with Gasteiger partial charge in [-0.25, -0.2) is 0 Å². The lowest BCUT2D eigenvalue weighted by Gasteiger charge is -2.36. The highest BCUT2D eigenvalue weighted by Gasteiger charge is 2.28. The quantitative estimate of drug-likeness (QED) is 0.809. The number of hydrogen-bond donors (Lipinski definition) is 1. The molecule has 0 bridgehead atoms. The Balaban J connectivity index is 1.71. The normalized spacial score (nSPS) is 38.2. The minimum absolute atomic E-state index is 0.816. The van der Waals surface area contributed by atoms with E-state index in [2.05, 4.69) is 31.0 Å². The van der Waals surface area contributed by atoms with Crippen LogP contribution in [0.4, 0.5) is 0 Å². The molecule has 0 aromatic carbocycles. The maximum atomic E-state index is 3.68. The van der Waals surface area contributed by atoms with Crippen LogP contribution < -0.4 is 5.32 Å². The van der Waals surface area contributed by atoms with E-state index < -0.39 is 0 Å². The average molecular weight is 252 g/mol. The second-order valence-corrected chi connectivity index (χ2v) is 6.69. The van der Waals surface area contributed by atoms with Gasteiger partial charge >= 0.3 is 0 Å². The Bertz CT molecular complexity index is 241. The van der Waals surface area contributed by atoms with Crippen molar-refractivity contribution in [2.45, 2.75) is 58.9 Å². The average Bonchev–Trinajstić information content (AvgIpc) is 2.79. The van der Waals surface area contributed by atoms with Crippen LogP contribution in [0.2, 0.25) is 0 Å². The summed E-state index contributed by atoms with van der Waals surface area (Å²) >= 11 is 0. The molecule has 1 N–H and O–H groups in total. The Labute approximate surface area is 114 Å². The van der Waals surface area contributed by atoms with Crippen LogP contribution in [0.3, 0.4) is 0 Å². The van der Waals surface area contributed by atoms with Crippen LogP contribution in [0.1, 0.15) is 52.9 Å². The van der Waals surface area contributed by atoms with Crippen LogP contribution in [-0.2, 0) is 0 Å². The lowest BCUT2D eigenvalue weighted by Crippen LogP contribution is -2.40. The summed E-state index contributed by atoms with van der Waals surface area (Å²) in [5.41, 5.74) is 0. The van der Waals surface area contributed by atoms with E-state index in [0.29, 0.717) is 0 Å². The molecule has 2 nitrogen and oxygen atoms in total. The number of nitrogens with zero attached hydrogens (tertiary/aromatic N) is 1. The van der Waals surface area contributed by atoms with E-state index in [1.165, 1.54) is 51.7 Å². The van der Waals surface area contributed by atoms with Gasteiger partial charge < -0.3 is 10.2 Å². The molecule has 0 amide bonds. The summed E-state index contributed by atoms with van der Waals surface area (Å²) in [6.07, 6.45) is 7.13. The largest absolute Gasteiger partial charge is 0.314 e. The first-order valence-corrected chi connectivity index (χ1v) is 8.16. The molecule has 0 aromatic rings. The minimum atomic E-state index is 0.816. The highest BCUT2D eigenvalue weighted by Crippen LogP contribution is 2.29. The number of rotatable bonds is 5. The molecule has 0 radical (unpaired) electrons. The molecule has 18 heavy (non-hydrogen) atoms. The molecule has 106 valence electrons. The first-order chi connectivity index (χ1) is 8.70. The van der Waals surface area contributed by atoms with Crippen molar-refractivity contribution in [2.75, 3.05) is 26.2 Å². The topological polar surface area (TPSA) is 15.3 Å². The van der Waals surface area contributed by atoms with Crippen molar-refractivity contribution in [1.82, 2.24) is 10.2 Å². The summed E-state index contributed by atoms with van der Waals surface area (Å²) in [5, 5.41) is 3.68. The number of piperidine rings is 1. The molecule has 1 aliphatic heterocycles. The SMILES string of the molecule is CCNC1CCCC1CCN1CCC(C)C(C)C1. The number of hydrogen-bond acceptors (Lipinski definition) is 2. The number of likely N-dealkylation sites (tertiary alicyclic amines) is 1. The zero-order chi connectivity index (χ0) is 13.0. The van der Waals surface area contributed by atoms with Gasteiger partial charge in [0.15, 0.2) is 0 Å². The Hall–Kier alpha value is -0.0800. The maximum Gasteiger partial charge on any atom is 0.00956 e. The fraction of sp³-hybridized carbons (Fsp3) is 1.00. The van der Waals surface area contributed by atoms with Crippen LogP contribution in [-0.4, -0.2) is 37.1 Å². The van der Waals surface area contributed by atoms with E-state index in [9.17, 15) is 0 Å². The van der Waals surface area contributed by atoms with Crippen LogP contribution in [0.15, 0.2) is 0 Å². The van der Waals surface area contributed by atoms with E-state index in [4.69, 9.17) is 0 Å². The second kappa shape index (κ2) is 6.91. The highest BCUT2D eigenvalue weighted by molar-refractivity contribution is 4.84. The molecule has 1 saturated carbocycles. The van der Waals surface area contributed by atoms with Gasteiger partial charge in [-0.2, -0.15) is 0 Å². The molecule has 2 aliphatic rings. The first-order valence-electron chi connectivity index (χ1n) is 8.16. The Kier molecular flexibility index (Phi) is 5.50. The lowest BCUT2D eigenvalue weighted by atomic mass is 9.88. The summed E-state index contributed by atoms with van der Waals surface area (Å²) < 4.78 is 0. The van der Waals surface area contributed by atoms with E-state index in [0.717, 1.165) is 30.3 Å². The molecule has 0 spiro atoms. The summed E-state index contributed by atoms with van der Waals surface area (Å²) in [5.74, 6) is 2.77. The standard InChI is InChI=1S/C16H32N2/c1-4-17-16-7-5-6-15(16)9-11-18-10-8-13(2)14(3)12-18/h13-17H,4-12H2,1-3H3. The maximum absolute atomic E-state index is 3.68. The third-order valence-corrected chi connectivity index (χ3v) is 5.36. The predicted octanol–water partition coefficient (Wildman–Crippen LogP) is 3.13. The van der Waals surface area contributed by atoms with Crippen molar-refractivity contribution in [1.29, 1.82) is 0 Å². The molecular formula is C16H32N2. The summed E-state index contributed by atoms with van der Waals surface area (Å²) in [7, 11) is 0. The summed E-state index contributed by atoms with van der Waals surface area (Å²) in [6.45, 7) is 12.2. The summed E-state index contributed by atoms with van der Waals surface area (Å²) in [4.78, 5) is 2.71. The predicted molar refractivity (Wildman–Crippen MR) is 78.8 cm³/mol. The van der Waals surface area contributed by atoms with Crippen molar-refractivity contribution in [3.63, 3.8) is 0 Å². The van der Waals surface area contributed by atoms with Gasteiger partial charge in [0.2, 0.25) is 0 Å². The van der Waals surface area contributed by atoms with Crippen molar-refractivity contribution in [3.05, 3.63) is 0 Å². The Morgan fingerprint density at radius 2 is 1.94 bits per heavy atom. The molecule has 4 atom stereocenters. The van der Waals surface area contributed by atoms with Crippen molar-refractivity contribution < 1.29 is 0 Å². The zero-order valence-corrected chi connectivity index (χ0v) is 12.6.